The molecule has 0 bridgehead atoms. The molecule has 160 valence electrons. The van der Waals surface area contributed by atoms with E-state index in [1.165, 1.54) is 0 Å². The Balaban J connectivity index is 1.45. The molecule has 6 heteroatoms. The van der Waals surface area contributed by atoms with Crippen LogP contribution in [0.5, 0.6) is 0 Å². The molecule has 0 N–H and O–H groups in total. The molecule has 2 amide bonds. The summed E-state index contributed by atoms with van der Waals surface area (Å²) in [4.78, 5) is 32.3. The molecule has 0 radical (unpaired) electrons. The summed E-state index contributed by atoms with van der Waals surface area (Å²) in [6.07, 6.45) is 5.38. The molecule has 3 aliphatic rings. The third kappa shape index (κ3) is 3.83. The lowest BCUT2D eigenvalue weighted by molar-refractivity contribution is -0.138. The van der Waals surface area contributed by atoms with E-state index in [0.717, 1.165) is 64.0 Å². The average Bonchev–Trinajstić information content (AvgIpc) is 3.34. The minimum atomic E-state index is -0.118. The SMILES string of the molecule is Cc1oc(C(C)(C)C)cc1C(=O)N1CCC[C@]2(CCN2CC(=O)N2CCCC2)C1. The van der Waals surface area contributed by atoms with Gasteiger partial charge in [0.25, 0.3) is 5.91 Å². The summed E-state index contributed by atoms with van der Waals surface area (Å²) in [7, 11) is 0. The van der Waals surface area contributed by atoms with Crippen LogP contribution in [0.15, 0.2) is 10.5 Å². The number of aryl methyl sites for hydroxylation is 1. The van der Waals surface area contributed by atoms with Crippen LogP contribution in [0, 0.1) is 6.92 Å². The van der Waals surface area contributed by atoms with Gasteiger partial charge in [-0.15, -0.1) is 0 Å². The zero-order chi connectivity index (χ0) is 20.8. The van der Waals surface area contributed by atoms with Crippen LogP contribution in [0.1, 0.15) is 74.8 Å². The van der Waals surface area contributed by atoms with Gasteiger partial charge in [-0.25, -0.2) is 0 Å². The molecule has 3 aliphatic heterocycles. The van der Waals surface area contributed by atoms with Crippen molar-refractivity contribution in [2.75, 3.05) is 39.3 Å². The summed E-state index contributed by atoms with van der Waals surface area (Å²) < 4.78 is 5.91. The summed E-state index contributed by atoms with van der Waals surface area (Å²) in [5.74, 6) is 1.88. The number of hydrogen-bond donors (Lipinski definition) is 0. The van der Waals surface area contributed by atoms with Gasteiger partial charge in [0.05, 0.1) is 12.1 Å². The summed E-state index contributed by atoms with van der Waals surface area (Å²) in [5, 5.41) is 0. The van der Waals surface area contributed by atoms with E-state index >= 15 is 0 Å². The van der Waals surface area contributed by atoms with Gasteiger partial charge in [0.1, 0.15) is 11.5 Å². The van der Waals surface area contributed by atoms with Gasteiger partial charge in [-0.2, -0.15) is 0 Å². The smallest absolute Gasteiger partial charge is 0.257 e. The van der Waals surface area contributed by atoms with Gasteiger partial charge in [0, 0.05) is 43.7 Å². The average molecular weight is 402 g/mol. The highest BCUT2D eigenvalue weighted by Crippen LogP contribution is 2.39. The Kier molecular flexibility index (Phi) is 5.26. The number of piperidine rings is 1. The molecule has 1 aromatic heterocycles. The van der Waals surface area contributed by atoms with Crippen molar-refractivity contribution in [3.8, 4) is 0 Å². The molecule has 4 heterocycles. The van der Waals surface area contributed by atoms with E-state index < -0.39 is 0 Å². The molecule has 1 atom stereocenters. The largest absolute Gasteiger partial charge is 0.465 e. The maximum Gasteiger partial charge on any atom is 0.257 e. The highest BCUT2D eigenvalue weighted by molar-refractivity contribution is 5.95. The van der Waals surface area contributed by atoms with E-state index in [9.17, 15) is 9.59 Å². The fourth-order valence-electron chi connectivity index (χ4n) is 5.04. The van der Waals surface area contributed by atoms with Crippen molar-refractivity contribution < 1.29 is 14.0 Å². The first-order valence-corrected chi connectivity index (χ1v) is 11.1. The van der Waals surface area contributed by atoms with E-state index in [1.54, 1.807) is 0 Å². The van der Waals surface area contributed by atoms with Gasteiger partial charge in [-0.3, -0.25) is 14.5 Å². The van der Waals surface area contributed by atoms with Gasteiger partial charge in [-0.05, 0) is 45.1 Å². The van der Waals surface area contributed by atoms with E-state index in [0.29, 0.717) is 24.4 Å². The molecule has 1 spiro atoms. The van der Waals surface area contributed by atoms with E-state index in [2.05, 4.69) is 25.7 Å². The Labute approximate surface area is 174 Å². The van der Waals surface area contributed by atoms with Gasteiger partial charge >= 0.3 is 0 Å². The standard InChI is InChI=1S/C23H35N3O3/c1-17-18(14-19(29-17)22(2,3)4)21(28)25-12-7-8-23(16-25)9-13-26(23)15-20(27)24-10-5-6-11-24/h14H,5-13,15-16H2,1-4H3/t23-/m0/s1. The Morgan fingerprint density at radius 2 is 1.72 bits per heavy atom. The van der Waals surface area contributed by atoms with E-state index in [1.807, 2.05) is 22.8 Å². The first-order chi connectivity index (χ1) is 13.7. The second-order valence-corrected chi connectivity index (χ2v) is 10.1. The van der Waals surface area contributed by atoms with Crippen LogP contribution < -0.4 is 0 Å². The predicted octanol–water partition coefficient (Wildman–Crippen LogP) is 3.19. The molecular weight excluding hydrogens is 366 g/mol. The van der Waals surface area contributed by atoms with Crippen molar-refractivity contribution in [1.29, 1.82) is 0 Å². The van der Waals surface area contributed by atoms with Crippen molar-refractivity contribution in [2.45, 2.75) is 70.8 Å². The lowest BCUT2D eigenvalue weighted by atomic mass is 9.77. The number of furan rings is 1. The van der Waals surface area contributed by atoms with Gasteiger partial charge < -0.3 is 14.2 Å². The maximum absolute atomic E-state index is 13.3. The van der Waals surface area contributed by atoms with Crippen LogP contribution in [-0.4, -0.2) is 71.3 Å². The molecule has 4 rings (SSSR count). The van der Waals surface area contributed by atoms with Crippen LogP contribution in [0.3, 0.4) is 0 Å². The monoisotopic (exact) mass is 401 g/mol. The minimum absolute atomic E-state index is 0.0200. The van der Waals surface area contributed by atoms with Crippen molar-refractivity contribution in [1.82, 2.24) is 14.7 Å². The number of carbonyl (C=O) groups is 2. The van der Waals surface area contributed by atoms with Gasteiger partial charge in [-0.1, -0.05) is 20.8 Å². The van der Waals surface area contributed by atoms with Crippen LogP contribution in [0.25, 0.3) is 0 Å². The molecule has 3 saturated heterocycles. The van der Waals surface area contributed by atoms with E-state index in [4.69, 9.17) is 4.42 Å². The molecule has 0 saturated carbocycles. The zero-order valence-corrected chi connectivity index (χ0v) is 18.4. The number of rotatable bonds is 3. The summed E-state index contributed by atoms with van der Waals surface area (Å²) in [5.41, 5.74) is 0.548. The molecular formula is C23H35N3O3. The zero-order valence-electron chi connectivity index (χ0n) is 18.4. The van der Waals surface area contributed by atoms with Crippen molar-refractivity contribution >= 4 is 11.8 Å². The van der Waals surface area contributed by atoms with E-state index in [-0.39, 0.29) is 22.8 Å². The molecule has 1 aromatic rings. The Morgan fingerprint density at radius 1 is 1.03 bits per heavy atom. The fraction of sp³-hybridized carbons (Fsp3) is 0.739. The summed E-state index contributed by atoms with van der Waals surface area (Å²) >= 11 is 0. The third-order valence-electron chi connectivity index (χ3n) is 7.03. The molecule has 6 nitrogen and oxygen atoms in total. The molecule has 3 fully saturated rings. The summed E-state index contributed by atoms with van der Waals surface area (Å²) in [6.45, 7) is 12.9. The quantitative estimate of drug-likeness (QED) is 0.781. The number of hydrogen-bond acceptors (Lipinski definition) is 4. The Bertz CT molecular complexity index is 788. The lowest BCUT2D eigenvalue weighted by Crippen LogP contribution is -2.68. The Morgan fingerprint density at radius 3 is 2.31 bits per heavy atom. The van der Waals surface area contributed by atoms with Crippen LogP contribution >= 0.6 is 0 Å². The number of amides is 2. The minimum Gasteiger partial charge on any atom is -0.465 e. The van der Waals surface area contributed by atoms with Gasteiger partial charge in [0.2, 0.25) is 5.91 Å². The van der Waals surface area contributed by atoms with Crippen LogP contribution in [0.2, 0.25) is 0 Å². The molecule has 29 heavy (non-hydrogen) atoms. The van der Waals surface area contributed by atoms with Crippen LogP contribution in [-0.2, 0) is 10.2 Å². The highest BCUT2D eigenvalue weighted by atomic mass is 16.3. The number of nitrogens with zero attached hydrogens (tertiary/aromatic N) is 3. The molecule has 0 aromatic carbocycles. The van der Waals surface area contributed by atoms with Gasteiger partial charge in [0.15, 0.2) is 0 Å². The van der Waals surface area contributed by atoms with Crippen LogP contribution in [0.4, 0.5) is 0 Å². The Hall–Kier alpha value is -1.82. The predicted molar refractivity (Wildman–Crippen MR) is 112 cm³/mol. The van der Waals surface area contributed by atoms with Crippen molar-refractivity contribution in [3.63, 3.8) is 0 Å². The van der Waals surface area contributed by atoms with Crippen molar-refractivity contribution in [3.05, 3.63) is 23.2 Å². The first-order valence-electron chi connectivity index (χ1n) is 11.1. The second kappa shape index (κ2) is 7.46. The fourth-order valence-corrected chi connectivity index (χ4v) is 5.04. The first kappa shape index (κ1) is 20.5. The second-order valence-electron chi connectivity index (χ2n) is 10.1. The van der Waals surface area contributed by atoms with Crippen molar-refractivity contribution in [2.24, 2.45) is 0 Å². The third-order valence-corrected chi connectivity index (χ3v) is 7.03. The normalized spacial score (nSPS) is 25.5. The molecule has 0 aliphatic carbocycles. The lowest BCUT2D eigenvalue weighted by Gasteiger charge is -2.57. The maximum atomic E-state index is 13.3. The number of carbonyl (C=O) groups excluding carboxylic acids is 2. The highest BCUT2D eigenvalue weighted by Gasteiger charge is 2.49. The molecule has 0 unspecified atom stereocenters. The summed E-state index contributed by atoms with van der Waals surface area (Å²) in [6, 6.07) is 1.92. The number of likely N-dealkylation sites (tertiary alicyclic amines) is 3. The topological polar surface area (TPSA) is 57.0 Å².